The molecule has 0 aliphatic carbocycles. The minimum absolute atomic E-state index is 0.120. The summed E-state index contributed by atoms with van der Waals surface area (Å²) in [7, 11) is 0. The van der Waals surface area contributed by atoms with Crippen LogP contribution in [-0.4, -0.2) is 50.6 Å². The summed E-state index contributed by atoms with van der Waals surface area (Å²) in [6, 6.07) is 3.96. The molecule has 1 aliphatic heterocycles. The van der Waals surface area contributed by atoms with E-state index in [0.717, 1.165) is 5.56 Å². The van der Waals surface area contributed by atoms with Gasteiger partial charge in [-0.05, 0) is 13.0 Å². The Kier molecular flexibility index (Phi) is 5.61. The van der Waals surface area contributed by atoms with Crippen LogP contribution in [0.4, 0.5) is 16.3 Å². The van der Waals surface area contributed by atoms with Crippen molar-refractivity contribution in [2.45, 2.75) is 19.6 Å². The summed E-state index contributed by atoms with van der Waals surface area (Å²) in [6.07, 6.45) is 8.72. The number of nitrogens with zero attached hydrogens (tertiary/aromatic N) is 8. The Hall–Kier alpha value is -3.87. The van der Waals surface area contributed by atoms with Gasteiger partial charge in [-0.3, -0.25) is 4.98 Å². The molecule has 0 spiro atoms. The molecule has 0 bridgehead atoms. The number of nitriles is 1. The molecule has 4 rings (SSSR count). The third-order valence-corrected chi connectivity index (χ3v) is 4.81. The molecule has 3 aromatic rings. The number of halogens is 1. The first-order valence-electron chi connectivity index (χ1n) is 9.41. The molecule has 0 saturated carbocycles. The maximum Gasteiger partial charge on any atom is 0.225 e. The van der Waals surface area contributed by atoms with E-state index in [0.29, 0.717) is 42.8 Å². The van der Waals surface area contributed by atoms with E-state index >= 15 is 0 Å². The van der Waals surface area contributed by atoms with Crippen LogP contribution in [-0.2, 0) is 6.61 Å². The normalized spacial score (nSPS) is 16.2. The lowest BCUT2D eigenvalue weighted by Gasteiger charge is -2.39. The Morgan fingerprint density at radius 3 is 2.53 bits per heavy atom. The summed E-state index contributed by atoms with van der Waals surface area (Å²) in [5, 5.41) is 9.12. The van der Waals surface area contributed by atoms with Crippen molar-refractivity contribution in [3.63, 3.8) is 0 Å². The van der Waals surface area contributed by atoms with Crippen LogP contribution in [0.1, 0.15) is 18.1 Å². The van der Waals surface area contributed by atoms with Crippen molar-refractivity contribution in [3.8, 4) is 11.8 Å². The summed E-state index contributed by atoms with van der Waals surface area (Å²) in [4.78, 5) is 25.0. The lowest BCUT2D eigenvalue weighted by atomic mass is 10.2. The zero-order valence-corrected chi connectivity index (χ0v) is 16.3. The van der Waals surface area contributed by atoms with E-state index in [4.69, 9.17) is 10.00 Å². The number of anilines is 2. The molecule has 30 heavy (non-hydrogen) atoms. The van der Waals surface area contributed by atoms with Gasteiger partial charge >= 0.3 is 0 Å². The van der Waals surface area contributed by atoms with Crippen LogP contribution in [0.25, 0.3) is 0 Å². The maximum absolute atomic E-state index is 13.0. The van der Waals surface area contributed by atoms with E-state index in [2.05, 4.69) is 42.8 Å². The second kappa shape index (κ2) is 8.65. The molecule has 1 saturated heterocycles. The van der Waals surface area contributed by atoms with E-state index in [9.17, 15) is 4.39 Å². The van der Waals surface area contributed by atoms with Gasteiger partial charge in [-0.15, -0.1) is 0 Å². The van der Waals surface area contributed by atoms with Gasteiger partial charge in [0.25, 0.3) is 0 Å². The van der Waals surface area contributed by atoms with Crippen molar-refractivity contribution in [3.05, 3.63) is 60.2 Å². The Morgan fingerprint density at radius 2 is 1.83 bits per heavy atom. The molecule has 0 N–H and O–H groups in total. The van der Waals surface area contributed by atoms with E-state index in [1.54, 1.807) is 24.7 Å². The Bertz CT molecular complexity index is 1040. The monoisotopic (exact) mass is 406 g/mol. The van der Waals surface area contributed by atoms with Crippen LogP contribution in [0.15, 0.2) is 43.2 Å². The number of pyridine rings is 1. The maximum atomic E-state index is 13.0. The minimum atomic E-state index is -0.450. The summed E-state index contributed by atoms with van der Waals surface area (Å²) in [5.41, 5.74) is 1.23. The summed E-state index contributed by atoms with van der Waals surface area (Å²) >= 11 is 0. The fraction of sp³-hybridized carbons (Fsp3) is 0.300. The molecular formula is C20H19FN8O. The zero-order valence-electron chi connectivity index (χ0n) is 16.3. The van der Waals surface area contributed by atoms with Crippen molar-refractivity contribution in [1.82, 2.24) is 24.9 Å². The highest BCUT2D eigenvalue weighted by molar-refractivity contribution is 5.40. The first-order valence-corrected chi connectivity index (χ1v) is 9.41. The van der Waals surface area contributed by atoms with Gasteiger partial charge in [-0.1, -0.05) is 0 Å². The van der Waals surface area contributed by atoms with Crippen molar-refractivity contribution < 1.29 is 9.13 Å². The fourth-order valence-electron chi connectivity index (χ4n) is 3.25. The molecule has 1 atom stereocenters. The highest BCUT2D eigenvalue weighted by atomic mass is 19.1. The Balaban J connectivity index is 1.37. The van der Waals surface area contributed by atoms with Gasteiger partial charge in [0, 0.05) is 43.6 Å². The van der Waals surface area contributed by atoms with Crippen LogP contribution in [0.2, 0.25) is 0 Å². The van der Waals surface area contributed by atoms with E-state index < -0.39 is 5.82 Å². The lowest BCUT2D eigenvalue weighted by Crippen LogP contribution is -2.53. The molecule has 0 radical (unpaired) electrons. The van der Waals surface area contributed by atoms with Gasteiger partial charge in [0.1, 0.15) is 12.7 Å². The van der Waals surface area contributed by atoms with Gasteiger partial charge in [-0.2, -0.15) is 5.26 Å². The van der Waals surface area contributed by atoms with Gasteiger partial charge in [0.15, 0.2) is 11.6 Å². The predicted molar refractivity (Wildman–Crippen MR) is 106 cm³/mol. The number of hydrogen-bond acceptors (Lipinski definition) is 9. The number of piperazine rings is 1. The quantitative estimate of drug-likeness (QED) is 0.629. The van der Waals surface area contributed by atoms with Gasteiger partial charge in [-0.25, -0.2) is 24.3 Å². The van der Waals surface area contributed by atoms with Crippen molar-refractivity contribution in [2.75, 3.05) is 29.4 Å². The molecule has 1 aliphatic rings. The summed E-state index contributed by atoms with van der Waals surface area (Å²) in [5.74, 6) is 1.19. The number of aromatic nitrogens is 5. The molecule has 1 unspecified atom stereocenters. The smallest absolute Gasteiger partial charge is 0.225 e. The van der Waals surface area contributed by atoms with Gasteiger partial charge in [0.2, 0.25) is 11.9 Å². The Morgan fingerprint density at radius 1 is 1.10 bits per heavy atom. The number of ether oxygens (including phenoxy) is 1. The SMILES string of the molecule is CC1CN(c2ncc(F)cn2)CCN1c1ncc(OCc2ccncc2C#N)cn1. The average molecular weight is 406 g/mol. The molecular weight excluding hydrogens is 387 g/mol. The van der Waals surface area contributed by atoms with E-state index in [-0.39, 0.29) is 12.6 Å². The largest absolute Gasteiger partial charge is 0.486 e. The molecule has 1 fully saturated rings. The Labute approximate surface area is 172 Å². The van der Waals surface area contributed by atoms with E-state index in [1.807, 2.05) is 4.90 Å². The van der Waals surface area contributed by atoms with Gasteiger partial charge in [0.05, 0.1) is 30.4 Å². The van der Waals surface area contributed by atoms with E-state index in [1.165, 1.54) is 18.6 Å². The fourth-order valence-corrected chi connectivity index (χ4v) is 3.25. The second-order valence-corrected chi connectivity index (χ2v) is 6.84. The summed E-state index contributed by atoms with van der Waals surface area (Å²) < 4.78 is 18.8. The van der Waals surface area contributed by atoms with Crippen LogP contribution < -0.4 is 14.5 Å². The van der Waals surface area contributed by atoms with Crippen molar-refractivity contribution in [1.29, 1.82) is 5.26 Å². The molecule has 10 heteroatoms. The first-order chi connectivity index (χ1) is 14.6. The molecule has 152 valence electrons. The van der Waals surface area contributed by atoms with Crippen molar-refractivity contribution >= 4 is 11.9 Å². The molecule has 0 aromatic carbocycles. The lowest BCUT2D eigenvalue weighted by molar-refractivity contribution is 0.303. The standard InChI is InChI=1S/C20H19FN8O/c1-14-12-28(19-24-8-17(21)9-25-19)4-5-29(14)20-26-10-18(11-27-20)30-13-15-2-3-23-7-16(15)6-22/h2-3,7-11,14H,4-5,12-13H2,1H3. The third kappa shape index (κ3) is 4.25. The minimum Gasteiger partial charge on any atom is -0.486 e. The topological polar surface area (TPSA) is 104 Å². The third-order valence-electron chi connectivity index (χ3n) is 4.81. The van der Waals surface area contributed by atoms with Crippen LogP contribution in [0, 0.1) is 17.1 Å². The van der Waals surface area contributed by atoms with Gasteiger partial charge < -0.3 is 14.5 Å². The molecule has 9 nitrogen and oxygen atoms in total. The number of hydrogen-bond donors (Lipinski definition) is 0. The number of rotatable bonds is 5. The molecule has 3 aromatic heterocycles. The van der Waals surface area contributed by atoms with Crippen LogP contribution in [0.5, 0.6) is 5.75 Å². The highest BCUT2D eigenvalue weighted by Crippen LogP contribution is 2.21. The van der Waals surface area contributed by atoms with Crippen LogP contribution in [0.3, 0.4) is 0 Å². The first kappa shape index (κ1) is 19.4. The zero-order chi connectivity index (χ0) is 20.9. The highest BCUT2D eigenvalue weighted by Gasteiger charge is 2.27. The van der Waals surface area contributed by atoms with Crippen molar-refractivity contribution in [2.24, 2.45) is 0 Å². The summed E-state index contributed by atoms with van der Waals surface area (Å²) in [6.45, 7) is 4.34. The van der Waals surface area contributed by atoms with Crippen LogP contribution >= 0.6 is 0 Å². The molecule has 4 heterocycles. The average Bonchev–Trinajstić information content (AvgIpc) is 2.79. The molecule has 0 amide bonds. The predicted octanol–water partition coefficient (Wildman–Crippen LogP) is 1.97. The second-order valence-electron chi connectivity index (χ2n) is 6.84.